The average molecular weight is 215 g/mol. The fourth-order valence-electron chi connectivity index (χ4n) is 1.46. The number of hydrogen-bond acceptors (Lipinski definition) is 2. The zero-order valence-corrected chi connectivity index (χ0v) is 9.71. The Morgan fingerprint density at radius 2 is 2.13 bits per heavy atom. The Hall–Kier alpha value is -1.41. The SMILES string of the molecule is C/C=C/c1ccc(-c2ccnc(C)c2)s1. The lowest BCUT2D eigenvalue weighted by atomic mass is 10.2. The number of allylic oxidation sites excluding steroid dienone is 1. The molecule has 0 aromatic carbocycles. The zero-order valence-electron chi connectivity index (χ0n) is 8.90. The second-order valence-corrected chi connectivity index (χ2v) is 4.50. The summed E-state index contributed by atoms with van der Waals surface area (Å²) >= 11 is 1.80. The molecule has 15 heavy (non-hydrogen) atoms. The van der Waals surface area contributed by atoms with Gasteiger partial charge in [-0.2, -0.15) is 0 Å². The molecule has 2 aromatic heterocycles. The Kier molecular flexibility index (Phi) is 2.97. The second kappa shape index (κ2) is 4.41. The van der Waals surface area contributed by atoms with Crippen molar-refractivity contribution in [3.05, 3.63) is 47.1 Å². The van der Waals surface area contributed by atoms with Crippen molar-refractivity contribution >= 4 is 17.4 Å². The highest BCUT2D eigenvalue weighted by molar-refractivity contribution is 7.16. The molecule has 0 saturated carbocycles. The van der Waals surface area contributed by atoms with Crippen LogP contribution in [0.3, 0.4) is 0 Å². The smallest absolute Gasteiger partial charge is 0.0379 e. The molecule has 2 rings (SSSR count). The Balaban J connectivity index is 2.37. The third-order valence-corrected chi connectivity index (χ3v) is 3.24. The highest BCUT2D eigenvalue weighted by Crippen LogP contribution is 2.28. The van der Waals surface area contributed by atoms with Crippen molar-refractivity contribution in [3.63, 3.8) is 0 Å². The van der Waals surface area contributed by atoms with Gasteiger partial charge in [0.2, 0.25) is 0 Å². The number of hydrogen-bond donors (Lipinski definition) is 0. The molecule has 0 aliphatic heterocycles. The van der Waals surface area contributed by atoms with Crippen LogP contribution in [0.2, 0.25) is 0 Å². The molecule has 0 atom stereocenters. The molecule has 2 heterocycles. The lowest BCUT2D eigenvalue weighted by molar-refractivity contribution is 1.20. The monoisotopic (exact) mass is 215 g/mol. The van der Waals surface area contributed by atoms with E-state index in [2.05, 4.69) is 41.4 Å². The minimum Gasteiger partial charge on any atom is -0.262 e. The number of thiophene rings is 1. The van der Waals surface area contributed by atoms with Gasteiger partial charge in [-0.25, -0.2) is 0 Å². The minimum absolute atomic E-state index is 1.06. The topological polar surface area (TPSA) is 12.9 Å². The normalized spacial score (nSPS) is 11.1. The summed E-state index contributed by atoms with van der Waals surface area (Å²) in [5.41, 5.74) is 2.32. The lowest BCUT2D eigenvalue weighted by Crippen LogP contribution is -1.79. The first kappa shape index (κ1) is 10.1. The third kappa shape index (κ3) is 2.34. The summed E-state index contributed by atoms with van der Waals surface area (Å²) in [5.74, 6) is 0. The summed E-state index contributed by atoms with van der Waals surface area (Å²) in [6.45, 7) is 4.06. The summed E-state index contributed by atoms with van der Waals surface area (Å²) < 4.78 is 0. The van der Waals surface area contributed by atoms with Gasteiger partial charge in [-0.3, -0.25) is 4.98 Å². The van der Waals surface area contributed by atoms with Crippen LogP contribution in [0.25, 0.3) is 16.5 Å². The van der Waals surface area contributed by atoms with E-state index in [1.54, 1.807) is 11.3 Å². The third-order valence-electron chi connectivity index (χ3n) is 2.14. The van der Waals surface area contributed by atoms with E-state index in [1.165, 1.54) is 15.3 Å². The largest absolute Gasteiger partial charge is 0.262 e. The molecular formula is C13H13NS. The molecule has 0 amide bonds. The molecule has 0 radical (unpaired) electrons. The maximum absolute atomic E-state index is 4.20. The number of pyridine rings is 1. The Bertz CT molecular complexity index is 483. The van der Waals surface area contributed by atoms with Gasteiger partial charge in [-0.05, 0) is 49.8 Å². The molecule has 0 bridgehead atoms. The van der Waals surface area contributed by atoms with Crippen LogP contribution in [0.15, 0.2) is 36.5 Å². The van der Waals surface area contributed by atoms with E-state index in [9.17, 15) is 0 Å². The molecule has 1 nitrogen and oxygen atoms in total. The number of aryl methyl sites for hydroxylation is 1. The first-order valence-electron chi connectivity index (χ1n) is 4.95. The van der Waals surface area contributed by atoms with Crippen LogP contribution in [-0.2, 0) is 0 Å². The van der Waals surface area contributed by atoms with Gasteiger partial charge >= 0.3 is 0 Å². The summed E-state index contributed by atoms with van der Waals surface area (Å²) in [4.78, 5) is 6.79. The molecular weight excluding hydrogens is 202 g/mol. The Morgan fingerprint density at radius 3 is 2.87 bits per heavy atom. The van der Waals surface area contributed by atoms with Crippen molar-refractivity contribution in [2.24, 2.45) is 0 Å². The molecule has 2 aromatic rings. The second-order valence-electron chi connectivity index (χ2n) is 3.39. The van der Waals surface area contributed by atoms with Crippen LogP contribution < -0.4 is 0 Å². The molecule has 2 heteroatoms. The predicted octanol–water partition coefficient (Wildman–Crippen LogP) is 4.15. The number of rotatable bonds is 2. The van der Waals surface area contributed by atoms with Crippen molar-refractivity contribution in [2.75, 3.05) is 0 Å². The van der Waals surface area contributed by atoms with E-state index >= 15 is 0 Å². The zero-order chi connectivity index (χ0) is 10.7. The molecule has 0 fully saturated rings. The first-order chi connectivity index (χ1) is 7.29. The molecule has 0 aliphatic rings. The van der Waals surface area contributed by atoms with Crippen LogP contribution in [0, 0.1) is 6.92 Å². The van der Waals surface area contributed by atoms with E-state index in [0.717, 1.165) is 5.69 Å². The van der Waals surface area contributed by atoms with Crippen molar-refractivity contribution < 1.29 is 0 Å². The molecule has 0 saturated heterocycles. The summed E-state index contributed by atoms with van der Waals surface area (Å²) in [5, 5.41) is 0. The summed E-state index contributed by atoms with van der Waals surface area (Å²) in [6.07, 6.45) is 6.05. The molecule has 0 spiro atoms. The fourth-order valence-corrected chi connectivity index (χ4v) is 2.44. The first-order valence-corrected chi connectivity index (χ1v) is 5.77. The van der Waals surface area contributed by atoms with Crippen LogP contribution in [-0.4, -0.2) is 4.98 Å². The molecule has 0 N–H and O–H groups in total. The van der Waals surface area contributed by atoms with Crippen LogP contribution in [0.5, 0.6) is 0 Å². The van der Waals surface area contributed by atoms with E-state index in [4.69, 9.17) is 0 Å². The van der Waals surface area contributed by atoms with Crippen molar-refractivity contribution in [3.8, 4) is 10.4 Å². The maximum atomic E-state index is 4.20. The van der Waals surface area contributed by atoms with Gasteiger partial charge in [-0.1, -0.05) is 6.08 Å². The summed E-state index contributed by atoms with van der Waals surface area (Å²) in [6, 6.07) is 8.48. The maximum Gasteiger partial charge on any atom is 0.0379 e. The van der Waals surface area contributed by atoms with Gasteiger partial charge in [0.15, 0.2) is 0 Å². The Morgan fingerprint density at radius 1 is 1.27 bits per heavy atom. The highest BCUT2D eigenvalue weighted by atomic mass is 32.1. The Labute approximate surface area is 94.1 Å². The van der Waals surface area contributed by atoms with Crippen LogP contribution in [0.4, 0.5) is 0 Å². The number of nitrogens with zero attached hydrogens (tertiary/aromatic N) is 1. The van der Waals surface area contributed by atoms with Gasteiger partial charge in [0.05, 0.1) is 0 Å². The van der Waals surface area contributed by atoms with Gasteiger partial charge in [0, 0.05) is 21.6 Å². The number of aromatic nitrogens is 1. The average Bonchev–Trinajstić information content (AvgIpc) is 2.67. The predicted molar refractivity (Wildman–Crippen MR) is 67.0 cm³/mol. The van der Waals surface area contributed by atoms with Gasteiger partial charge in [-0.15, -0.1) is 11.3 Å². The molecule has 0 unspecified atom stereocenters. The van der Waals surface area contributed by atoms with E-state index in [-0.39, 0.29) is 0 Å². The van der Waals surface area contributed by atoms with Gasteiger partial charge in [0.25, 0.3) is 0 Å². The molecule has 0 aliphatic carbocycles. The minimum atomic E-state index is 1.06. The van der Waals surface area contributed by atoms with Gasteiger partial charge < -0.3 is 0 Å². The van der Waals surface area contributed by atoms with Gasteiger partial charge in [0.1, 0.15) is 0 Å². The van der Waals surface area contributed by atoms with Crippen LogP contribution in [0.1, 0.15) is 17.5 Å². The fraction of sp³-hybridized carbons (Fsp3) is 0.154. The van der Waals surface area contributed by atoms with E-state index in [1.807, 2.05) is 20.0 Å². The standard InChI is InChI=1S/C13H13NS/c1-3-4-12-5-6-13(15-12)11-7-8-14-10(2)9-11/h3-9H,1-2H3/b4-3+. The van der Waals surface area contributed by atoms with Crippen molar-refractivity contribution in [2.45, 2.75) is 13.8 Å². The summed E-state index contributed by atoms with van der Waals surface area (Å²) in [7, 11) is 0. The van der Waals surface area contributed by atoms with Crippen molar-refractivity contribution in [1.82, 2.24) is 4.98 Å². The molecule has 76 valence electrons. The quantitative estimate of drug-likeness (QED) is 0.733. The van der Waals surface area contributed by atoms with Crippen molar-refractivity contribution in [1.29, 1.82) is 0 Å². The van der Waals surface area contributed by atoms with Crippen LogP contribution >= 0.6 is 11.3 Å². The van der Waals surface area contributed by atoms with E-state index in [0.29, 0.717) is 0 Å². The highest BCUT2D eigenvalue weighted by Gasteiger charge is 2.01. The lowest BCUT2D eigenvalue weighted by Gasteiger charge is -1.97. The van der Waals surface area contributed by atoms with E-state index < -0.39 is 0 Å².